The summed E-state index contributed by atoms with van der Waals surface area (Å²) in [4.78, 5) is 12.6. The smallest absolute Gasteiger partial charge is 0.347 e. The monoisotopic (exact) mass is 384 g/mol. The Labute approximate surface area is 149 Å². The number of fused-ring (bicyclic) bond motifs is 1. The number of hydrogen-bond acceptors (Lipinski definition) is 3. The quantitative estimate of drug-likeness (QED) is 0.423. The molecule has 3 nitrogen and oxygen atoms in total. The predicted octanol–water partition coefficient (Wildman–Crippen LogP) is 5.61. The van der Waals surface area contributed by atoms with E-state index in [9.17, 15) is 4.79 Å². The maximum Gasteiger partial charge on any atom is 0.347 e. The minimum atomic E-state index is -0.433. The Hall–Kier alpha value is -2.33. The van der Waals surface area contributed by atoms with Crippen LogP contribution in [0.4, 0.5) is 0 Å². The van der Waals surface area contributed by atoms with E-state index >= 15 is 0 Å². The largest absolute Gasteiger partial charge is 0.493 e. The highest BCUT2D eigenvalue weighted by molar-refractivity contribution is 9.10. The first-order valence-electron chi connectivity index (χ1n) is 7.80. The molecule has 0 atom stereocenters. The van der Waals surface area contributed by atoms with Crippen LogP contribution in [0.15, 0.2) is 65.1 Å². The topological polar surface area (TPSA) is 35.5 Å². The summed E-state index contributed by atoms with van der Waals surface area (Å²) in [6.45, 7) is 2.57. The molecule has 4 heteroatoms. The lowest BCUT2D eigenvalue weighted by Crippen LogP contribution is -2.11. The summed E-state index contributed by atoms with van der Waals surface area (Å²) in [5.41, 5.74) is 0.408. The minimum Gasteiger partial charge on any atom is -0.493 e. The van der Waals surface area contributed by atoms with Crippen LogP contribution in [0.1, 0.15) is 23.7 Å². The fourth-order valence-corrected chi connectivity index (χ4v) is 2.75. The van der Waals surface area contributed by atoms with Crippen molar-refractivity contribution in [2.45, 2.75) is 13.3 Å². The number of hydrogen-bond donors (Lipinski definition) is 0. The number of benzene rings is 3. The van der Waals surface area contributed by atoms with Gasteiger partial charge in [-0.2, -0.15) is 0 Å². The van der Waals surface area contributed by atoms with Crippen molar-refractivity contribution in [3.63, 3.8) is 0 Å². The van der Waals surface area contributed by atoms with E-state index in [0.29, 0.717) is 23.7 Å². The van der Waals surface area contributed by atoms with Gasteiger partial charge in [-0.3, -0.25) is 0 Å². The SMILES string of the molecule is CCCOc1ccc(Br)cc1C(=O)Oc1ccc2ccccc2c1. The Kier molecular flexibility index (Phi) is 5.16. The van der Waals surface area contributed by atoms with E-state index in [0.717, 1.165) is 21.7 Å². The molecule has 0 bridgehead atoms. The third-order valence-electron chi connectivity index (χ3n) is 3.55. The van der Waals surface area contributed by atoms with E-state index in [2.05, 4.69) is 15.9 Å². The van der Waals surface area contributed by atoms with Crippen LogP contribution in [0.25, 0.3) is 10.8 Å². The summed E-state index contributed by atoms with van der Waals surface area (Å²) in [5, 5.41) is 2.13. The van der Waals surface area contributed by atoms with Gasteiger partial charge in [0.1, 0.15) is 17.1 Å². The van der Waals surface area contributed by atoms with Crippen LogP contribution in [0.3, 0.4) is 0 Å². The second-order valence-corrected chi connectivity index (χ2v) is 6.30. The van der Waals surface area contributed by atoms with Crippen molar-refractivity contribution in [3.8, 4) is 11.5 Å². The first kappa shape index (κ1) is 16.5. The van der Waals surface area contributed by atoms with Crippen molar-refractivity contribution in [3.05, 3.63) is 70.7 Å². The van der Waals surface area contributed by atoms with Gasteiger partial charge in [0.2, 0.25) is 0 Å². The van der Waals surface area contributed by atoms with Gasteiger partial charge in [0, 0.05) is 4.47 Å². The van der Waals surface area contributed by atoms with Crippen molar-refractivity contribution in [1.29, 1.82) is 0 Å². The van der Waals surface area contributed by atoms with Gasteiger partial charge >= 0.3 is 5.97 Å². The van der Waals surface area contributed by atoms with Gasteiger partial charge in [-0.05, 0) is 47.5 Å². The Bertz CT molecular complexity index is 874. The summed E-state index contributed by atoms with van der Waals surface area (Å²) >= 11 is 3.39. The van der Waals surface area contributed by atoms with Crippen molar-refractivity contribution in [1.82, 2.24) is 0 Å². The lowest BCUT2D eigenvalue weighted by Gasteiger charge is -2.11. The zero-order chi connectivity index (χ0) is 16.9. The maximum atomic E-state index is 12.6. The summed E-state index contributed by atoms with van der Waals surface area (Å²) in [6, 6.07) is 18.9. The Balaban J connectivity index is 1.86. The second-order valence-electron chi connectivity index (χ2n) is 5.39. The molecule has 24 heavy (non-hydrogen) atoms. The molecule has 0 aliphatic carbocycles. The van der Waals surface area contributed by atoms with Gasteiger partial charge in [0.15, 0.2) is 0 Å². The molecule has 0 aromatic heterocycles. The molecule has 0 spiro atoms. The molecular formula is C20H17BrO3. The molecule has 0 aliphatic rings. The molecule has 0 saturated heterocycles. The molecule has 0 radical (unpaired) electrons. The lowest BCUT2D eigenvalue weighted by atomic mass is 10.1. The molecule has 0 unspecified atom stereocenters. The highest BCUT2D eigenvalue weighted by atomic mass is 79.9. The van der Waals surface area contributed by atoms with E-state index in [4.69, 9.17) is 9.47 Å². The third-order valence-corrected chi connectivity index (χ3v) is 4.05. The van der Waals surface area contributed by atoms with E-state index in [1.165, 1.54) is 0 Å². The van der Waals surface area contributed by atoms with E-state index in [1.54, 1.807) is 18.2 Å². The predicted molar refractivity (Wildman–Crippen MR) is 98.8 cm³/mol. The maximum absolute atomic E-state index is 12.6. The molecule has 122 valence electrons. The number of carbonyl (C=O) groups is 1. The number of esters is 1. The van der Waals surface area contributed by atoms with Crippen molar-refractivity contribution >= 4 is 32.7 Å². The van der Waals surface area contributed by atoms with Gasteiger partial charge in [-0.1, -0.05) is 53.2 Å². The van der Waals surface area contributed by atoms with Crippen molar-refractivity contribution < 1.29 is 14.3 Å². The molecule has 0 heterocycles. The first-order chi connectivity index (χ1) is 11.7. The second kappa shape index (κ2) is 7.49. The molecular weight excluding hydrogens is 368 g/mol. The average Bonchev–Trinajstić information content (AvgIpc) is 2.60. The number of rotatable bonds is 5. The molecule has 3 rings (SSSR count). The minimum absolute atomic E-state index is 0.408. The molecule has 3 aromatic rings. The zero-order valence-electron chi connectivity index (χ0n) is 13.3. The van der Waals surface area contributed by atoms with Crippen LogP contribution in [-0.4, -0.2) is 12.6 Å². The number of halogens is 1. The summed E-state index contributed by atoms with van der Waals surface area (Å²) in [6.07, 6.45) is 0.870. The Morgan fingerprint density at radius 3 is 2.58 bits per heavy atom. The third kappa shape index (κ3) is 3.77. The van der Waals surface area contributed by atoms with E-state index in [1.807, 2.05) is 49.4 Å². The van der Waals surface area contributed by atoms with E-state index in [-0.39, 0.29) is 0 Å². The zero-order valence-corrected chi connectivity index (χ0v) is 14.9. The average molecular weight is 385 g/mol. The summed E-state index contributed by atoms with van der Waals surface area (Å²) < 4.78 is 12.0. The molecule has 0 N–H and O–H groups in total. The van der Waals surface area contributed by atoms with Gasteiger partial charge in [-0.15, -0.1) is 0 Å². The fourth-order valence-electron chi connectivity index (χ4n) is 2.39. The van der Waals surface area contributed by atoms with Gasteiger partial charge < -0.3 is 9.47 Å². The van der Waals surface area contributed by atoms with Crippen LogP contribution in [0.2, 0.25) is 0 Å². The highest BCUT2D eigenvalue weighted by Gasteiger charge is 2.16. The van der Waals surface area contributed by atoms with Gasteiger partial charge in [0.05, 0.1) is 6.61 Å². The summed E-state index contributed by atoms with van der Waals surface area (Å²) in [7, 11) is 0. The van der Waals surface area contributed by atoms with Crippen LogP contribution in [-0.2, 0) is 0 Å². The fraction of sp³-hybridized carbons (Fsp3) is 0.150. The van der Waals surface area contributed by atoms with Crippen molar-refractivity contribution in [2.24, 2.45) is 0 Å². The van der Waals surface area contributed by atoms with Crippen LogP contribution < -0.4 is 9.47 Å². The molecule has 0 aliphatic heterocycles. The number of ether oxygens (including phenoxy) is 2. The normalized spacial score (nSPS) is 10.6. The van der Waals surface area contributed by atoms with E-state index < -0.39 is 5.97 Å². The molecule has 0 saturated carbocycles. The van der Waals surface area contributed by atoms with Crippen LogP contribution in [0, 0.1) is 0 Å². The standard InChI is InChI=1S/C20H17BrO3/c1-2-11-23-19-10-8-16(21)13-18(19)20(22)24-17-9-7-14-5-3-4-6-15(14)12-17/h3-10,12-13H,2,11H2,1H3. The van der Waals surface area contributed by atoms with Crippen molar-refractivity contribution in [2.75, 3.05) is 6.61 Å². The highest BCUT2D eigenvalue weighted by Crippen LogP contribution is 2.26. The first-order valence-corrected chi connectivity index (χ1v) is 8.60. The summed E-state index contributed by atoms with van der Waals surface area (Å²) in [5.74, 6) is 0.614. The number of carbonyl (C=O) groups excluding carboxylic acids is 1. The Morgan fingerprint density at radius 1 is 1.00 bits per heavy atom. The lowest BCUT2D eigenvalue weighted by molar-refractivity contribution is 0.0730. The van der Waals surface area contributed by atoms with Crippen LogP contribution >= 0.6 is 15.9 Å². The van der Waals surface area contributed by atoms with Gasteiger partial charge in [-0.25, -0.2) is 4.79 Å². The molecule has 3 aromatic carbocycles. The molecule has 0 amide bonds. The van der Waals surface area contributed by atoms with Crippen LogP contribution in [0.5, 0.6) is 11.5 Å². The van der Waals surface area contributed by atoms with Gasteiger partial charge in [0.25, 0.3) is 0 Å². The Morgan fingerprint density at radius 2 is 1.79 bits per heavy atom. The molecule has 0 fully saturated rings.